The van der Waals surface area contributed by atoms with Crippen molar-refractivity contribution < 1.29 is 4.74 Å². The van der Waals surface area contributed by atoms with Crippen molar-refractivity contribution in [3.05, 3.63) is 0 Å². The van der Waals surface area contributed by atoms with Crippen LogP contribution in [0.5, 0.6) is 0 Å². The van der Waals surface area contributed by atoms with E-state index in [2.05, 4.69) is 38.0 Å². The zero-order valence-electron chi connectivity index (χ0n) is 11.6. The highest BCUT2D eigenvalue weighted by molar-refractivity contribution is 5.78. The van der Waals surface area contributed by atoms with Crippen LogP contribution < -0.4 is 11.1 Å². The van der Waals surface area contributed by atoms with E-state index in [-0.39, 0.29) is 5.60 Å². The fourth-order valence-corrected chi connectivity index (χ4v) is 2.38. The summed E-state index contributed by atoms with van der Waals surface area (Å²) in [6.45, 7) is 9.30. The second-order valence-corrected chi connectivity index (χ2v) is 5.20. The van der Waals surface area contributed by atoms with Gasteiger partial charge in [-0.2, -0.15) is 0 Å². The minimum Gasteiger partial charge on any atom is -0.375 e. The fraction of sp³-hybridized carbons (Fsp3) is 0.923. The number of hydrogen-bond acceptors (Lipinski definition) is 2. The Labute approximate surface area is 105 Å². The first kappa shape index (κ1) is 14.3. The molecule has 1 rings (SSSR count). The van der Waals surface area contributed by atoms with Crippen LogP contribution in [0, 0.1) is 0 Å². The number of hydrogen-bond donors (Lipinski definition) is 2. The molecule has 1 aliphatic rings. The molecule has 1 heterocycles. The van der Waals surface area contributed by atoms with Gasteiger partial charge in [-0.1, -0.05) is 13.8 Å². The summed E-state index contributed by atoms with van der Waals surface area (Å²) in [6.07, 6.45) is 4.06. The second kappa shape index (κ2) is 6.24. The lowest BCUT2D eigenvalue weighted by molar-refractivity contribution is -0.0884. The predicted molar refractivity (Wildman–Crippen MR) is 72.2 cm³/mol. The van der Waals surface area contributed by atoms with Gasteiger partial charge < -0.3 is 15.8 Å². The van der Waals surface area contributed by atoms with Crippen LogP contribution in [0.4, 0.5) is 0 Å². The Balaban J connectivity index is 2.60. The van der Waals surface area contributed by atoms with Gasteiger partial charge in [0.1, 0.15) is 0 Å². The van der Waals surface area contributed by atoms with Crippen LogP contribution >= 0.6 is 0 Å². The Bertz CT molecular complexity index is 259. The Morgan fingerprint density at radius 2 is 2.12 bits per heavy atom. The van der Waals surface area contributed by atoms with Crippen LogP contribution in [-0.2, 0) is 4.74 Å². The molecule has 0 aromatic heterocycles. The standard InChI is InChI=1S/C13H27N3O/c1-5-13(6-2)9-11(7-8-17-13)16-12(14)15-10(3)4/h10-11H,5-9H2,1-4H3,(H3,14,15,16). The molecule has 17 heavy (non-hydrogen) atoms. The van der Waals surface area contributed by atoms with Crippen molar-refractivity contribution in [2.45, 2.75) is 71.1 Å². The average molecular weight is 241 g/mol. The first-order chi connectivity index (χ1) is 8.01. The number of nitrogens with two attached hydrogens (primary N) is 1. The lowest BCUT2D eigenvalue weighted by Gasteiger charge is -2.38. The maximum absolute atomic E-state index is 5.93. The molecular formula is C13H27N3O. The van der Waals surface area contributed by atoms with E-state index in [0.29, 0.717) is 18.0 Å². The highest BCUT2D eigenvalue weighted by Gasteiger charge is 2.34. The zero-order valence-corrected chi connectivity index (χ0v) is 11.6. The van der Waals surface area contributed by atoms with Crippen molar-refractivity contribution in [2.24, 2.45) is 10.7 Å². The van der Waals surface area contributed by atoms with E-state index in [1.807, 2.05) is 0 Å². The number of nitrogens with one attached hydrogen (secondary N) is 1. The zero-order chi connectivity index (χ0) is 12.9. The molecule has 3 N–H and O–H groups in total. The molecule has 0 saturated carbocycles. The average Bonchev–Trinajstić information content (AvgIpc) is 2.28. The number of guanidine groups is 1. The first-order valence-electron chi connectivity index (χ1n) is 6.75. The number of aliphatic imine (C=N–C) groups is 1. The summed E-state index contributed by atoms with van der Waals surface area (Å²) in [5.74, 6) is 0.563. The molecule has 1 atom stereocenters. The van der Waals surface area contributed by atoms with Crippen molar-refractivity contribution in [1.82, 2.24) is 5.32 Å². The van der Waals surface area contributed by atoms with E-state index in [9.17, 15) is 0 Å². The molecule has 4 heteroatoms. The van der Waals surface area contributed by atoms with E-state index in [1.165, 1.54) is 0 Å². The quantitative estimate of drug-likeness (QED) is 0.585. The molecule has 0 aliphatic carbocycles. The Kier molecular flexibility index (Phi) is 5.25. The van der Waals surface area contributed by atoms with Crippen molar-refractivity contribution >= 4 is 5.96 Å². The molecule has 0 radical (unpaired) electrons. The van der Waals surface area contributed by atoms with Crippen molar-refractivity contribution in [3.8, 4) is 0 Å². The highest BCUT2D eigenvalue weighted by Crippen LogP contribution is 2.32. The van der Waals surface area contributed by atoms with E-state index in [1.54, 1.807) is 0 Å². The molecule has 0 aromatic carbocycles. The van der Waals surface area contributed by atoms with E-state index in [0.717, 1.165) is 32.3 Å². The molecule has 0 bridgehead atoms. The SMILES string of the molecule is CCC1(CC)CC(N=C(N)NC(C)C)CCO1. The van der Waals surface area contributed by atoms with Gasteiger partial charge in [-0.3, -0.25) is 0 Å². The van der Waals surface area contributed by atoms with Gasteiger partial charge in [-0.05, 0) is 39.5 Å². The van der Waals surface area contributed by atoms with Crippen LogP contribution in [0.2, 0.25) is 0 Å². The summed E-state index contributed by atoms with van der Waals surface area (Å²) in [5, 5.41) is 3.14. The monoisotopic (exact) mass is 241 g/mol. The summed E-state index contributed by atoms with van der Waals surface area (Å²) < 4.78 is 5.93. The molecule has 1 aliphatic heterocycles. The lowest BCUT2D eigenvalue weighted by atomic mass is 9.86. The van der Waals surface area contributed by atoms with Gasteiger partial charge in [0.05, 0.1) is 11.6 Å². The number of ether oxygens (including phenoxy) is 1. The summed E-state index contributed by atoms with van der Waals surface area (Å²) in [4.78, 5) is 4.57. The largest absolute Gasteiger partial charge is 0.375 e. The van der Waals surface area contributed by atoms with Crippen molar-refractivity contribution in [3.63, 3.8) is 0 Å². The van der Waals surface area contributed by atoms with E-state index < -0.39 is 0 Å². The summed E-state index contributed by atoms with van der Waals surface area (Å²) in [6, 6.07) is 0.635. The number of rotatable bonds is 4. The Hall–Kier alpha value is -0.770. The summed E-state index contributed by atoms with van der Waals surface area (Å²) >= 11 is 0. The molecule has 0 spiro atoms. The van der Waals surface area contributed by atoms with Crippen LogP contribution in [0.3, 0.4) is 0 Å². The van der Waals surface area contributed by atoms with Crippen molar-refractivity contribution in [2.75, 3.05) is 6.61 Å². The molecule has 4 nitrogen and oxygen atoms in total. The molecule has 1 fully saturated rings. The molecule has 1 unspecified atom stereocenters. The van der Waals surface area contributed by atoms with Gasteiger partial charge in [-0.15, -0.1) is 0 Å². The third-order valence-corrected chi connectivity index (χ3v) is 3.51. The van der Waals surface area contributed by atoms with Crippen LogP contribution in [0.25, 0.3) is 0 Å². The third kappa shape index (κ3) is 4.19. The maximum atomic E-state index is 5.93. The van der Waals surface area contributed by atoms with Crippen LogP contribution in [0.1, 0.15) is 53.4 Å². The van der Waals surface area contributed by atoms with Crippen LogP contribution in [-0.4, -0.2) is 30.3 Å². The molecule has 1 saturated heterocycles. The van der Waals surface area contributed by atoms with E-state index in [4.69, 9.17) is 10.5 Å². The summed E-state index contributed by atoms with van der Waals surface area (Å²) in [5.41, 5.74) is 5.89. The van der Waals surface area contributed by atoms with Gasteiger partial charge >= 0.3 is 0 Å². The molecule has 0 amide bonds. The van der Waals surface area contributed by atoms with Crippen molar-refractivity contribution in [1.29, 1.82) is 0 Å². The predicted octanol–water partition coefficient (Wildman–Crippen LogP) is 2.04. The van der Waals surface area contributed by atoms with Gasteiger partial charge in [0.25, 0.3) is 0 Å². The lowest BCUT2D eigenvalue weighted by Crippen LogP contribution is -2.43. The Morgan fingerprint density at radius 1 is 1.47 bits per heavy atom. The maximum Gasteiger partial charge on any atom is 0.189 e. The number of nitrogens with zero attached hydrogens (tertiary/aromatic N) is 1. The molecule has 0 aromatic rings. The molecule has 100 valence electrons. The fourth-order valence-electron chi connectivity index (χ4n) is 2.38. The molecular weight excluding hydrogens is 214 g/mol. The highest BCUT2D eigenvalue weighted by atomic mass is 16.5. The van der Waals surface area contributed by atoms with Gasteiger partial charge in [-0.25, -0.2) is 4.99 Å². The summed E-state index contributed by atoms with van der Waals surface area (Å²) in [7, 11) is 0. The third-order valence-electron chi connectivity index (χ3n) is 3.51. The van der Waals surface area contributed by atoms with Gasteiger partial charge in [0.15, 0.2) is 5.96 Å². The topological polar surface area (TPSA) is 59.6 Å². The van der Waals surface area contributed by atoms with Crippen LogP contribution in [0.15, 0.2) is 4.99 Å². The normalized spacial score (nSPS) is 25.0. The van der Waals surface area contributed by atoms with Gasteiger partial charge in [0, 0.05) is 12.6 Å². The minimum absolute atomic E-state index is 0.0184. The van der Waals surface area contributed by atoms with E-state index >= 15 is 0 Å². The van der Waals surface area contributed by atoms with Gasteiger partial charge in [0.2, 0.25) is 0 Å². The Morgan fingerprint density at radius 3 is 2.65 bits per heavy atom. The second-order valence-electron chi connectivity index (χ2n) is 5.20. The minimum atomic E-state index is 0.0184. The first-order valence-corrected chi connectivity index (χ1v) is 6.75. The smallest absolute Gasteiger partial charge is 0.189 e.